The predicted octanol–water partition coefficient (Wildman–Crippen LogP) is 3.40. The van der Waals surface area contributed by atoms with Gasteiger partial charge in [-0.2, -0.15) is 0 Å². The number of nitrogens with one attached hydrogen (secondary N) is 1. The Labute approximate surface area is 122 Å². The lowest BCUT2D eigenvalue weighted by Crippen LogP contribution is -2.28. The van der Waals surface area contributed by atoms with Gasteiger partial charge >= 0.3 is 0 Å². The number of hydrogen-bond donors (Lipinski definition) is 1. The van der Waals surface area contributed by atoms with Gasteiger partial charge in [-0.25, -0.2) is 0 Å². The minimum atomic E-state index is 0.872. The van der Waals surface area contributed by atoms with Gasteiger partial charge in [-0.15, -0.1) is 0 Å². The summed E-state index contributed by atoms with van der Waals surface area (Å²) < 4.78 is 5.66. The number of nitrogens with zero attached hydrogens (tertiary/aromatic N) is 1. The average Bonchev–Trinajstić information content (AvgIpc) is 3.34. The summed E-state index contributed by atoms with van der Waals surface area (Å²) in [6, 6.07) is 2.16. The van der Waals surface area contributed by atoms with Gasteiger partial charge in [0.15, 0.2) is 0 Å². The zero-order valence-corrected chi connectivity index (χ0v) is 12.7. The molecule has 2 saturated carbocycles. The molecule has 3 rings (SSSR count). The van der Waals surface area contributed by atoms with E-state index in [1.54, 1.807) is 0 Å². The van der Waals surface area contributed by atoms with E-state index in [1.807, 2.05) is 6.26 Å². The van der Waals surface area contributed by atoms with Crippen molar-refractivity contribution in [2.45, 2.75) is 52.1 Å². The van der Waals surface area contributed by atoms with Crippen molar-refractivity contribution >= 4 is 0 Å². The van der Waals surface area contributed by atoms with Crippen molar-refractivity contribution in [2.75, 3.05) is 19.6 Å². The van der Waals surface area contributed by atoms with E-state index in [2.05, 4.69) is 23.2 Å². The fourth-order valence-corrected chi connectivity index (χ4v) is 2.82. The van der Waals surface area contributed by atoms with E-state index in [-0.39, 0.29) is 0 Å². The lowest BCUT2D eigenvalue weighted by atomic mass is 10.2. The van der Waals surface area contributed by atoms with Crippen LogP contribution in [0, 0.1) is 11.8 Å². The maximum Gasteiger partial charge on any atom is 0.122 e. The number of hydrogen-bond acceptors (Lipinski definition) is 3. The highest BCUT2D eigenvalue weighted by atomic mass is 16.3. The molecule has 1 aromatic rings. The molecule has 2 fully saturated rings. The Morgan fingerprint density at radius 3 is 2.50 bits per heavy atom. The minimum Gasteiger partial charge on any atom is -0.468 e. The van der Waals surface area contributed by atoms with E-state index < -0.39 is 0 Å². The predicted molar refractivity (Wildman–Crippen MR) is 81.4 cm³/mol. The van der Waals surface area contributed by atoms with Gasteiger partial charge in [0.05, 0.1) is 12.8 Å². The Bertz CT molecular complexity index is 393. The largest absolute Gasteiger partial charge is 0.468 e. The van der Waals surface area contributed by atoms with Gasteiger partial charge in [0.25, 0.3) is 0 Å². The molecule has 0 amide bonds. The third-order valence-electron chi connectivity index (χ3n) is 4.37. The molecule has 0 unspecified atom stereocenters. The lowest BCUT2D eigenvalue weighted by Gasteiger charge is -2.22. The van der Waals surface area contributed by atoms with Crippen LogP contribution in [0.1, 0.15) is 50.4 Å². The quantitative estimate of drug-likeness (QED) is 0.664. The smallest absolute Gasteiger partial charge is 0.122 e. The van der Waals surface area contributed by atoms with Gasteiger partial charge < -0.3 is 9.73 Å². The van der Waals surface area contributed by atoms with Crippen LogP contribution in [-0.4, -0.2) is 24.5 Å². The van der Waals surface area contributed by atoms with Crippen molar-refractivity contribution < 1.29 is 4.42 Å². The Morgan fingerprint density at radius 2 is 1.90 bits per heavy atom. The molecule has 0 atom stereocenters. The second kappa shape index (κ2) is 6.77. The second-order valence-electron chi connectivity index (χ2n) is 6.63. The van der Waals surface area contributed by atoms with Crippen molar-refractivity contribution in [3.63, 3.8) is 0 Å². The summed E-state index contributed by atoms with van der Waals surface area (Å²) in [7, 11) is 0. The molecule has 0 aromatic carbocycles. The van der Waals surface area contributed by atoms with Crippen LogP contribution in [0.5, 0.6) is 0 Å². The SMILES string of the molecule is CCCNCc1occc1CN(CC1CC1)CC1CC1. The molecular weight excluding hydrogens is 248 g/mol. The molecule has 3 heteroatoms. The van der Waals surface area contributed by atoms with Crippen LogP contribution < -0.4 is 5.32 Å². The first-order valence-corrected chi connectivity index (χ1v) is 8.33. The number of rotatable bonds is 10. The Morgan fingerprint density at radius 1 is 1.20 bits per heavy atom. The van der Waals surface area contributed by atoms with Crippen LogP contribution >= 0.6 is 0 Å². The van der Waals surface area contributed by atoms with E-state index in [0.717, 1.165) is 37.2 Å². The molecule has 112 valence electrons. The van der Waals surface area contributed by atoms with Crippen molar-refractivity contribution in [1.29, 1.82) is 0 Å². The van der Waals surface area contributed by atoms with Crippen LogP contribution in [0.2, 0.25) is 0 Å². The molecule has 0 saturated heterocycles. The summed E-state index contributed by atoms with van der Waals surface area (Å²) >= 11 is 0. The fourth-order valence-electron chi connectivity index (χ4n) is 2.82. The highest BCUT2D eigenvalue weighted by Crippen LogP contribution is 2.34. The van der Waals surface area contributed by atoms with Gasteiger partial charge in [-0.05, 0) is 56.6 Å². The van der Waals surface area contributed by atoms with Crippen LogP contribution in [0.25, 0.3) is 0 Å². The highest BCUT2D eigenvalue weighted by molar-refractivity contribution is 5.17. The topological polar surface area (TPSA) is 28.4 Å². The standard InChI is InChI=1S/C17H28N2O/c1-2-8-18-10-17-16(7-9-20-17)13-19(11-14-3-4-14)12-15-5-6-15/h7,9,14-15,18H,2-6,8,10-13H2,1H3. The molecule has 2 aliphatic rings. The van der Waals surface area contributed by atoms with Crippen molar-refractivity contribution in [1.82, 2.24) is 10.2 Å². The molecule has 1 N–H and O–H groups in total. The summed E-state index contributed by atoms with van der Waals surface area (Å²) in [6.45, 7) is 7.80. The van der Waals surface area contributed by atoms with Crippen molar-refractivity contribution in [3.05, 3.63) is 23.7 Å². The monoisotopic (exact) mass is 276 g/mol. The molecule has 20 heavy (non-hydrogen) atoms. The minimum absolute atomic E-state index is 0.872. The molecule has 1 heterocycles. The third kappa shape index (κ3) is 4.35. The first-order valence-electron chi connectivity index (χ1n) is 8.33. The molecule has 0 radical (unpaired) electrons. The van der Waals surface area contributed by atoms with E-state index in [1.165, 1.54) is 50.8 Å². The third-order valence-corrected chi connectivity index (χ3v) is 4.37. The summed E-state index contributed by atoms with van der Waals surface area (Å²) in [4.78, 5) is 2.67. The van der Waals surface area contributed by atoms with Crippen molar-refractivity contribution in [2.24, 2.45) is 11.8 Å². The maximum atomic E-state index is 5.66. The Kier molecular flexibility index (Phi) is 4.79. The van der Waals surface area contributed by atoms with E-state index in [4.69, 9.17) is 4.42 Å². The maximum absolute atomic E-state index is 5.66. The molecule has 3 nitrogen and oxygen atoms in total. The zero-order chi connectivity index (χ0) is 13.8. The summed E-state index contributed by atoms with van der Waals surface area (Å²) in [5.41, 5.74) is 1.38. The van der Waals surface area contributed by atoms with Gasteiger partial charge in [0.1, 0.15) is 5.76 Å². The summed E-state index contributed by atoms with van der Waals surface area (Å²) in [5.74, 6) is 3.08. The average molecular weight is 276 g/mol. The second-order valence-corrected chi connectivity index (χ2v) is 6.63. The Balaban J connectivity index is 1.54. The van der Waals surface area contributed by atoms with Gasteiger partial charge in [-0.3, -0.25) is 4.90 Å². The van der Waals surface area contributed by atoms with Crippen LogP contribution in [0.3, 0.4) is 0 Å². The fraction of sp³-hybridized carbons (Fsp3) is 0.765. The van der Waals surface area contributed by atoms with Gasteiger partial charge in [-0.1, -0.05) is 6.92 Å². The first kappa shape index (κ1) is 14.2. The highest BCUT2D eigenvalue weighted by Gasteiger charge is 2.29. The molecule has 0 aliphatic heterocycles. The van der Waals surface area contributed by atoms with Crippen LogP contribution in [-0.2, 0) is 13.1 Å². The molecular formula is C17H28N2O. The molecule has 0 spiro atoms. The van der Waals surface area contributed by atoms with Crippen molar-refractivity contribution in [3.8, 4) is 0 Å². The van der Waals surface area contributed by atoms with E-state index in [9.17, 15) is 0 Å². The van der Waals surface area contributed by atoms with Gasteiger partial charge in [0, 0.05) is 25.2 Å². The molecule has 2 aliphatic carbocycles. The zero-order valence-electron chi connectivity index (χ0n) is 12.7. The van der Waals surface area contributed by atoms with Crippen LogP contribution in [0.15, 0.2) is 16.7 Å². The Hall–Kier alpha value is -0.800. The van der Waals surface area contributed by atoms with E-state index in [0.29, 0.717) is 0 Å². The first-order chi connectivity index (χ1) is 9.85. The number of furan rings is 1. The van der Waals surface area contributed by atoms with E-state index >= 15 is 0 Å². The normalized spacial score (nSPS) is 18.9. The summed E-state index contributed by atoms with van der Waals surface area (Å²) in [6.07, 6.45) is 8.79. The summed E-state index contributed by atoms with van der Waals surface area (Å²) in [5, 5.41) is 3.45. The molecule has 1 aromatic heterocycles. The van der Waals surface area contributed by atoms with Gasteiger partial charge in [0.2, 0.25) is 0 Å². The van der Waals surface area contributed by atoms with Crippen LogP contribution in [0.4, 0.5) is 0 Å². The molecule has 0 bridgehead atoms. The lowest BCUT2D eigenvalue weighted by molar-refractivity contribution is 0.242.